The molecule has 130 valence electrons. The summed E-state index contributed by atoms with van der Waals surface area (Å²) in [5.41, 5.74) is 1.07. The standard InChI is InChI=1S/C20H22N2O2S/c1-22(17-10-6-3-7-11-17)19(25)20(12-14-24-15-13-20)21-18(23)16-8-4-2-5-9-16/h2-11H,12-15H2,1H3,(H,21,23). The van der Waals surface area contributed by atoms with E-state index >= 15 is 0 Å². The number of likely N-dealkylation sites (N-methyl/N-ethyl adjacent to an activating group) is 1. The predicted molar refractivity (Wildman–Crippen MR) is 104 cm³/mol. The van der Waals surface area contributed by atoms with E-state index in [9.17, 15) is 4.79 Å². The van der Waals surface area contributed by atoms with Gasteiger partial charge >= 0.3 is 0 Å². The van der Waals surface area contributed by atoms with Crippen molar-refractivity contribution < 1.29 is 9.53 Å². The van der Waals surface area contributed by atoms with Gasteiger partial charge in [0.2, 0.25) is 0 Å². The van der Waals surface area contributed by atoms with Crippen molar-refractivity contribution in [2.24, 2.45) is 0 Å². The van der Waals surface area contributed by atoms with Crippen LogP contribution in [0.1, 0.15) is 23.2 Å². The summed E-state index contributed by atoms with van der Waals surface area (Å²) in [6, 6.07) is 19.2. The Kier molecular flexibility index (Phi) is 5.46. The number of nitrogens with zero attached hydrogens (tertiary/aromatic N) is 1. The van der Waals surface area contributed by atoms with E-state index in [2.05, 4.69) is 5.32 Å². The maximum absolute atomic E-state index is 12.8. The van der Waals surface area contributed by atoms with Gasteiger partial charge in [0.25, 0.3) is 5.91 Å². The number of ether oxygens (including phenoxy) is 1. The summed E-state index contributed by atoms with van der Waals surface area (Å²) in [7, 11) is 1.95. The van der Waals surface area contributed by atoms with Gasteiger partial charge in [0.05, 0.1) is 5.54 Å². The first-order valence-electron chi connectivity index (χ1n) is 8.41. The normalized spacial score (nSPS) is 16.0. The highest BCUT2D eigenvalue weighted by Gasteiger charge is 2.40. The summed E-state index contributed by atoms with van der Waals surface area (Å²) in [6.45, 7) is 1.16. The minimum Gasteiger partial charge on any atom is -0.381 e. The van der Waals surface area contributed by atoms with Crippen LogP contribution in [-0.4, -0.2) is 36.7 Å². The highest BCUT2D eigenvalue weighted by Crippen LogP contribution is 2.27. The number of benzene rings is 2. The zero-order chi connectivity index (χ0) is 17.7. The Morgan fingerprint density at radius 3 is 2.20 bits per heavy atom. The molecule has 1 fully saturated rings. The van der Waals surface area contributed by atoms with Crippen molar-refractivity contribution in [3.05, 3.63) is 66.2 Å². The van der Waals surface area contributed by atoms with Gasteiger partial charge in [-0.15, -0.1) is 0 Å². The highest BCUT2D eigenvalue weighted by molar-refractivity contribution is 7.80. The molecule has 0 unspecified atom stereocenters. The summed E-state index contributed by atoms with van der Waals surface area (Å²) in [5, 5.41) is 3.20. The molecular weight excluding hydrogens is 332 g/mol. The van der Waals surface area contributed by atoms with Gasteiger partial charge in [0.1, 0.15) is 4.99 Å². The maximum Gasteiger partial charge on any atom is 0.252 e. The summed E-state index contributed by atoms with van der Waals surface area (Å²) < 4.78 is 5.52. The molecule has 0 aliphatic carbocycles. The number of hydrogen-bond acceptors (Lipinski definition) is 3. The van der Waals surface area contributed by atoms with Crippen molar-refractivity contribution in [1.82, 2.24) is 5.32 Å². The Morgan fingerprint density at radius 1 is 1.04 bits per heavy atom. The lowest BCUT2D eigenvalue weighted by Crippen LogP contribution is -2.61. The lowest BCUT2D eigenvalue weighted by Gasteiger charge is -2.41. The molecular formula is C20H22N2O2S. The van der Waals surface area contributed by atoms with Gasteiger partial charge in [-0.1, -0.05) is 48.6 Å². The molecule has 3 rings (SSSR count). The number of carbonyl (C=O) groups excluding carboxylic acids is 1. The van der Waals surface area contributed by atoms with E-state index in [1.54, 1.807) is 0 Å². The van der Waals surface area contributed by atoms with Crippen LogP contribution in [0, 0.1) is 0 Å². The number of rotatable bonds is 4. The molecule has 0 atom stereocenters. The third-order valence-corrected chi connectivity index (χ3v) is 5.26. The minimum absolute atomic E-state index is 0.105. The molecule has 1 aliphatic rings. The van der Waals surface area contributed by atoms with Gasteiger partial charge in [-0.2, -0.15) is 0 Å². The predicted octanol–water partition coefficient (Wildman–Crippen LogP) is 3.43. The Hall–Kier alpha value is -2.24. The van der Waals surface area contributed by atoms with Crippen LogP contribution in [-0.2, 0) is 4.74 Å². The molecule has 1 heterocycles. The molecule has 0 saturated carbocycles. The average molecular weight is 354 g/mol. The zero-order valence-electron chi connectivity index (χ0n) is 14.3. The van der Waals surface area contributed by atoms with Gasteiger partial charge in [-0.3, -0.25) is 4.79 Å². The summed E-state index contributed by atoms with van der Waals surface area (Å²) >= 11 is 5.81. The van der Waals surface area contributed by atoms with Crippen molar-refractivity contribution in [3.8, 4) is 0 Å². The third-order valence-electron chi connectivity index (χ3n) is 4.59. The van der Waals surface area contributed by atoms with Crippen molar-refractivity contribution in [2.75, 3.05) is 25.2 Å². The van der Waals surface area contributed by atoms with Crippen LogP contribution in [0.3, 0.4) is 0 Å². The van der Waals surface area contributed by atoms with Crippen LogP contribution in [0.2, 0.25) is 0 Å². The van der Waals surface area contributed by atoms with E-state index < -0.39 is 5.54 Å². The van der Waals surface area contributed by atoms with Crippen LogP contribution in [0.25, 0.3) is 0 Å². The highest BCUT2D eigenvalue weighted by atomic mass is 32.1. The molecule has 0 aromatic heterocycles. The van der Waals surface area contributed by atoms with E-state index in [4.69, 9.17) is 17.0 Å². The average Bonchev–Trinajstić information content (AvgIpc) is 2.69. The van der Waals surface area contributed by atoms with Crippen molar-refractivity contribution in [1.29, 1.82) is 0 Å². The molecule has 25 heavy (non-hydrogen) atoms. The first-order valence-corrected chi connectivity index (χ1v) is 8.82. The first kappa shape index (κ1) is 17.6. The minimum atomic E-state index is -0.578. The number of amides is 1. The van der Waals surface area contributed by atoms with Crippen LogP contribution < -0.4 is 10.2 Å². The molecule has 0 radical (unpaired) electrons. The SMILES string of the molecule is CN(C(=S)C1(NC(=O)c2ccccc2)CCOCC1)c1ccccc1. The molecule has 1 N–H and O–H groups in total. The smallest absolute Gasteiger partial charge is 0.252 e. The number of hydrogen-bond donors (Lipinski definition) is 1. The van der Waals surface area contributed by atoms with E-state index in [0.29, 0.717) is 36.6 Å². The zero-order valence-corrected chi connectivity index (χ0v) is 15.1. The van der Waals surface area contributed by atoms with Gasteiger partial charge in [-0.05, 0) is 24.3 Å². The Balaban J connectivity index is 1.85. The van der Waals surface area contributed by atoms with Gasteiger partial charge in [0, 0.05) is 44.4 Å². The molecule has 0 spiro atoms. The van der Waals surface area contributed by atoms with Crippen LogP contribution in [0.4, 0.5) is 5.69 Å². The van der Waals surface area contributed by atoms with Crippen molar-refractivity contribution in [3.63, 3.8) is 0 Å². The third kappa shape index (κ3) is 3.89. The second-order valence-corrected chi connectivity index (χ2v) is 6.60. The lowest BCUT2D eigenvalue weighted by atomic mass is 9.88. The molecule has 4 nitrogen and oxygen atoms in total. The maximum atomic E-state index is 12.8. The van der Waals surface area contributed by atoms with Crippen molar-refractivity contribution in [2.45, 2.75) is 18.4 Å². The van der Waals surface area contributed by atoms with Crippen LogP contribution in [0.15, 0.2) is 60.7 Å². The molecule has 1 aliphatic heterocycles. The number of nitrogens with one attached hydrogen (secondary N) is 1. The molecule has 5 heteroatoms. The fourth-order valence-corrected chi connectivity index (χ4v) is 3.44. The van der Waals surface area contributed by atoms with E-state index in [1.807, 2.05) is 72.6 Å². The first-order chi connectivity index (χ1) is 12.1. The molecule has 1 saturated heterocycles. The number of anilines is 1. The lowest BCUT2D eigenvalue weighted by molar-refractivity contribution is 0.0566. The molecule has 2 aromatic rings. The van der Waals surface area contributed by atoms with E-state index in [-0.39, 0.29) is 5.91 Å². The van der Waals surface area contributed by atoms with Crippen molar-refractivity contribution >= 4 is 28.8 Å². The second-order valence-electron chi connectivity index (χ2n) is 6.21. The fourth-order valence-electron chi connectivity index (χ4n) is 3.08. The topological polar surface area (TPSA) is 41.6 Å². The number of carbonyl (C=O) groups is 1. The Bertz CT molecular complexity index is 728. The number of para-hydroxylation sites is 1. The fraction of sp³-hybridized carbons (Fsp3) is 0.300. The second kappa shape index (κ2) is 7.76. The monoisotopic (exact) mass is 354 g/mol. The Morgan fingerprint density at radius 2 is 1.60 bits per heavy atom. The van der Waals surface area contributed by atoms with E-state index in [0.717, 1.165) is 5.69 Å². The number of thiocarbonyl (C=S) groups is 1. The Labute approximate surface area is 153 Å². The van der Waals surface area contributed by atoms with Crippen LogP contribution in [0.5, 0.6) is 0 Å². The molecule has 0 bridgehead atoms. The van der Waals surface area contributed by atoms with Gasteiger partial charge in [0.15, 0.2) is 0 Å². The van der Waals surface area contributed by atoms with Crippen LogP contribution >= 0.6 is 12.2 Å². The van der Waals surface area contributed by atoms with Gasteiger partial charge < -0.3 is 15.0 Å². The quantitative estimate of drug-likeness (QED) is 0.854. The molecule has 2 aromatic carbocycles. The summed E-state index contributed by atoms with van der Waals surface area (Å²) in [5.74, 6) is -0.105. The molecule has 1 amide bonds. The summed E-state index contributed by atoms with van der Waals surface area (Å²) in [6.07, 6.45) is 1.34. The summed E-state index contributed by atoms with van der Waals surface area (Å²) in [4.78, 5) is 15.4. The van der Waals surface area contributed by atoms with Gasteiger partial charge in [-0.25, -0.2) is 0 Å². The van der Waals surface area contributed by atoms with E-state index in [1.165, 1.54) is 0 Å². The largest absolute Gasteiger partial charge is 0.381 e.